The van der Waals surface area contributed by atoms with Gasteiger partial charge in [-0.2, -0.15) is 0 Å². The SMILES string of the molecule is CC[C@@H](N)C(=O)N(C)CC(=O)NCCOC. The molecular formula is C10H21N3O3. The van der Waals surface area contributed by atoms with Crippen LogP contribution in [0.25, 0.3) is 0 Å². The summed E-state index contributed by atoms with van der Waals surface area (Å²) in [5.74, 6) is -0.430. The molecule has 0 heterocycles. The number of hydrogen-bond acceptors (Lipinski definition) is 4. The van der Waals surface area contributed by atoms with Gasteiger partial charge in [-0.05, 0) is 6.42 Å². The lowest BCUT2D eigenvalue weighted by atomic mass is 10.2. The zero-order valence-electron chi connectivity index (χ0n) is 10.2. The van der Waals surface area contributed by atoms with Crippen LogP contribution in [0.1, 0.15) is 13.3 Å². The largest absolute Gasteiger partial charge is 0.383 e. The number of methoxy groups -OCH3 is 1. The molecule has 0 fully saturated rings. The van der Waals surface area contributed by atoms with Gasteiger partial charge in [0.05, 0.1) is 19.2 Å². The number of hydrogen-bond donors (Lipinski definition) is 2. The van der Waals surface area contributed by atoms with Crippen molar-refractivity contribution >= 4 is 11.8 Å². The summed E-state index contributed by atoms with van der Waals surface area (Å²) in [6.45, 7) is 2.75. The van der Waals surface area contributed by atoms with Gasteiger partial charge < -0.3 is 20.7 Å². The van der Waals surface area contributed by atoms with Gasteiger partial charge in [-0.25, -0.2) is 0 Å². The van der Waals surface area contributed by atoms with Gasteiger partial charge in [0, 0.05) is 20.7 Å². The van der Waals surface area contributed by atoms with Crippen molar-refractivity contribution in [2.45, 2.75) is 19.4 Å². The first-order valence-electron chi connectivity index (χ1n) is 5.29. The lowest BCUT2D eigenvalue weighted by Gasteiger charge is -2.19. The molecule has 16 heavy (non-hydrogen) atoms. The zero-order chi connectivity index (χ0) is 12.6. The van der Waals surface area contributed by atoms with E-state index in [1.54, 1.807) is 14.2 Å². The Morgan fingerprint density at radius 1 is 1.50 bits per heavy atom. The maximum absolute atomic E-state index is 11.5. The molecule has 0 rings (SSSR count). The van der Waals surface area contributed by atoms with Gasteiger partial charge in [0.25, 0.3) is 0 Å². The minimum Gasteiger partial charge on any atom is -0.383 e. The van der Waals surface area contributed by atoms with Crippen LogP contribution in [0.2, 0.25) is 0 Å². The third-order valence-electron chi connectivity index (χ3n) is 2.14. The van der Waals surface area contributed by atoms with Gasteiger partial charge in [-0.1, -0.05) is 6.92 Å². The second-order valence-electron chi connectivity index (χ2n) is 3.55. The number of ether oxygens (including phenoxy) is 1. The van der Waals surface area contributed by atoms with Crippen molar-refractivity contribution in [2.75, 3.05) is 33.9 Å². The summed E-state index contributed by atoms with van der Waals surface area (Å²) in [6, 6.07) is -0.531. The molecule has 3 N–H and O–H groups in total. The van der Waals surface area contributed by atoms with Crippen LogP contribution in [-0.2, 0) is 14.3 Å². The van der Waals surface area contributed by atoms with E-state index in [1.165, 1.54) is 4.90 Å². The summed E-state index contributed by atoms with van der Waals surface area (Å²) in [4.78, 5) is 24.2. The van der Waals surface area contributed by atoms with Crippen LogP contribution >= 0.6 is 0 Å². The Hall–Kier alpha value is -1.14. The monoisotopic (exact) mass is 231 g/mol. The maximum atomic E-state index is 11.5. The predicted octanol–water partition coefficient (Wildman–Crippen LogP) is -1.06. The smallest absolute Gasteiger partial charge is 0.239 e. The lowest BCUT2D eigenvalue weighted by molar-refractivity contribution is -0.135. The third kappa shape index (κ3) is 5.67. The third-order valence-corrected chi connectivity index (χ3v) is 2.14. The highest BCUT2D eigenvalue weighted by Crippen LogP contribution is 1.93. The summed E-state index contributed by atoms with van der Waals surface area (Å²) in [6.07, 6.45) is 0.564. The molecular weight excluding hydrogens is 210 g/mol. The van der Waals surface area contributed by atoms with E-state index in [9.17, 15) is 9.59 Å². The van der Waals surface area contributed by atoms with E-state index in [4.69, 9.17) is 10.5 Å². The number of nitrogens with one attached hydrogen (secondary N) is 1. The fraction of sp³-hybridized carbons (Fsp3) is 0.800. The van der Waals surface area contributed by atoms with E-state index in [2.05, 4.69) is 5.32 Å². The zero-order valence-corrected chi connectivity index (χ0v) is 10.2. The number of nitrogens with two attached hydrogens (primary N) is 1. The van der Waals surface area contributed by atoms with E-state index >= 15 is 0 Å². The molecule has 0 saturated carbocycles. The Labute approximate surface area is 96.1 Å². The van der Waals surface area contributed by atoms with E-state index < -0.39 is 6.04 Å². The van der Waals surface area contributed by atoms with Crippen LogP contribution in [0.5, 0.6) is 0 Å². The van der Waals surface area contributed by atoms with Crippen LogP contribution in [0.3, 0.4) is 0 Å². The van der Waals surface area contributed by atoms with Crippen LogP contribution in [0.15, 0.2) is 0 Å². The normalized spacial score (nSPS) is 12.0. The number of carbonyl (C=O) groups excluding carboxylic acids is 2. The fourth-order valence-electron chi connectivity index (χ4n) is 1.10. The highest BCUT2D eigenvalue weighted by molar-refractivity contribution is 5.87. The molecule has 94 valence electrons. The summed E-state index contributed by atoms with van der Waals surface area (Å²) < 4.78 is 4.79. The summed E-state index contributed by atoms with van der Waals surface area (Å²) >= 11 is 0. The molecule has 0 aliphatic carbocycles. The second kappa shape index (κ2) is 8.06. The Kier molecular flexibility index (Phi) is 7.49. The van der Waals surface area contributed by atoms with Crippen LogP contribution in [0.4, 0.5) is 0 Å². The molecule has 6 nitrogen and oxygen atoms in total. The quantitative estimate of drug-likeness (QED) is 0.547. The van der Waals surface area contributed by atoms with E-state index in [0.717, 1.165) is 0 Å². The predicted molar refractivity (Wildman–Crippen MR) is 60.8 cm³/mol. The molecule has 0 saturated heterocycles. The Balaban J connectivity index is 3.89. The van der Waals surface area contributed by atoms with Crippen molar-refractivity contribution in [1.82, 2.24) is 10.2 Å². The highest BCUT2D eigenvalue weighted by Gasteiger charge is 2.17. The maximum Gasteiger partial charge on any atom is 0.239 e. The molecule has 0 spiro atoms. The topological polar surface area (TPSA) is 84.7 Å². The van der Waals surface area contributed by atoms with Gasteiger partial charge in [0.15, 0.2) is 0 Å². The Morgan fingerprint density at radius 2 is 2.12 bits per heavy atom. The van der Waals surface area contributed by atoms with E-state index in [0.29, 0.717) is 19.6 Å². The summed E-state index contributed by atoms with van der Waals surface area (Å²) in [5, 5.41) is 2.63. The van der Waals surface area contributed by atoms with Gasteiger partial charge in [-0.15, -0.1) is 0 Å². The number of likely N-dealkylation sites (N-methyl/N-ethyl adjacent to an activating group) is 1. The van der Waals surface area contributed by atoms with Crippen molar-refractivity contribution in [3.05, 3.63) is 0 Å². The molecule has 0 aromatic carbocycles. The van der Waals surface area contributed by atoms with Crippen LogP contribution in [-0.4, -0.2) is 56.6 Å². The van der Waals surface area contributed by atoms with Crippen molar-refractivity contribution in [1.29, 1.82) is 0 Å². The molecule has 1 atom stereocenters. The molecule has 0 aliphatic rings. The molecule has 2 amide bonds. The first kappa shape index (κ1) is 14.9. The van der Waals surface area contributed by atoms with Gasteiger partial charge in [0.2, 0.25) is 11.8 Å². The van der Waals surface area contributed by atoms with Crippen molar-refractivity contribution < 1.29 is 14.3 Å². The number of nitrogens with zero attached hydrogens (tertiary/aromatic N) is 1. The van der Waals surface area contributed by atoms with Crippen molar-refractivity contribution in [2.24, 2.45) is 5.73 Å². The van der Waals surface area contributed by atoms with E-state index in [1.807, 2.05) is 6.92 Å². The lowest BCUT2D eigenvalue weighted by Crippen LogP contribution is -2.46. The molecule has 0 radical (unpaired) electrons. The van der Waals surface area contributed by atoms with Gasteiger partial charge in [-0.3, -0.25) is 9.59 Å². The second-order valence-corrected chi connectivity index (χ2v) is 3.55. The molecule has 6 heteroatoms. The standard InChI is InChI=1S/C10H21N3O3/c1-4-8(11)10(15)13(2)7-9(14)12-5-6-16-3/h8H,4-7,11H2,1-3H3,(H,12,14)/t8-/m1/s1. The first-order chi connectivity index (χ1) is 7.52. The Morgan fingerprint density at radius 3 is 2.62 bits per heavy atom. The van der Waals surface area contributed by atoms with Gasteiger partial charge in [0.1, 0.15) is 0 Å². The average molecular weight is 231 g/mol. The fourth-order valence-corrected chi connectivity index (χ4v) is 1.10. The molecule has 0 bridgehead atoms. The van der Waals surface area contributed by atoms with Gasteiger partial charge >= 0.3 is 0 Å². The summed E-state index contributed by atoms with van der Waals surface area (Å²) in [5.41, 5.74) is 5.57. The number of rotatable bonds is 7. The minimum atomic E-state index is -0.531. The average Bonchev–Trinajstić information content (AvgIpc) is 2.27. The summed E-state index contributed by atoms with van der Waals surface area (Å²) in [7, 11) is 3.12. The van der Waals surface area contributed by atoms with Crippen molar-refractivity contribution in [3.63, 3.8) is 0 Å². The molecule has 0 aliphatic heterocycles. The number of carbonyl (C=O) groups is 2. The highest BCUT2D eigenvalue weighted by atomic mass is 16.5. The van der Waals surface area contributed by atoms with Crippen LogP contribution in [0, 0.1) is 0 Å². The molecule has 0 aromatic rings. The minimum absolute atomic E-state index is 0.0241. The van der Waals surface area contributed by atoms with E-state index in [-0.39, 0.29) is 18.4 Å². The van der Waals surface area contributed by atoms with Crippen LogP contribution < -0.4 is 11.1 Å². The molecule has 0 aromatic heterocycles. The molecule has 0 unspecified atom stereocenters. The number of amides is 2. The van der Waals surface area contributed by atoms with Crippen molar-refractivity contribution in [3.8, 4) is 0 Å². The Bertz CT molecular complexity index is 233. The first-order valence-corrected chi connectivity index (χ1v) is 5.29.